The van der Waals surface area contributed by atoms with Crippen LogP contribution in [0.4, 0.5) is 0 Å². The largest absolute Gasteiger partial charge is 0.255 e. The third kappa shape index (κ3) is 1.72. The van der Waals surface area contributed by atoms with Gasteiger partial charge < -0.3 is 0 Å². The summed E-state index contributed by atoms with van der Waals surface area (Å²) in [6.07, 6.45) is 5.68. The molecular formula is C9H9N3S. The molecule has 0 fully saturated rings. The zero-order valence-electron chi connectivity index (χ0n) is 7.21. The molecule has 2 aromatic heterocycles. The van der Waals surface area contributed by atoms with Crippen LogP contribution in [0.3, 0.4) is 0 Å². The van der Waals surface area contributed by atoms with Crippen LogP contribution in [-0.2, 0) is 0 Å². The number of hydrogen-bond acceptors (Lipinski definition) is 3. The molecule has 0 amide bonds. The SMILES string of the molecule is CSn1ccc(-c2ccccn2)n1. The summed E-state index contributed by atoms with van der Waals surface area (Å²) >= 11 is 1.56. The molecule has 0 unspecified atom stereocenters. The molecule has 0 aliphatic heterocycles. The Morgan fingerprint density at radius 3 is 2.77 bits per heavy atom. The number of aromatic nitrogens is 3. The van der Waals surface area contributed by atoms with Crippen LogP contribution in [0, 0.1) is 0 Å². The van der Waals surface area contributed by atoms with E-state index in [0.29, 0.717) is 0 Å². The molecule has 0 aliphatic carbocycles. The molecule has 0 N–H and O–H groups in total. The lowest BCUT2D eigenvalue weighted by atomic mass is 10.3. The van der Waals surface area contributed by atoms with E-state index < -0.39 is 0 Å². The summed E-state index contributed by atoms with van der Waals surface area (Å²) in [7, 11) is 0. The van der Waals surface area contributed by atoms with E-state index in [9.17, 15) is 0 Å². The summed E-state index contributed by atoms with van der Waals surface area (Å²) in [5.74, 6) is 0. The molecule has 0 radical (unpaired) electrons. The smallest absolute Gasteiger partial charge is 0.112 e. The second-order valence-electron chi connectivity index (χ2n) is 2.50. The van der Waals surface area contributed by atoms with Crippen LogP contribution in [0.25, 0.3) is 11.4 Å². The molecular weight excluding hydrogens is 182 g/mol. The second-order valence-corrected chi connectivity index (χ2v) is 3.24. The average molecular weight is 191 g/mol. The van der Waals surface area contributed by atoms with Crippen LogP contribution in [-0.4, -0.2) is 20.4 Å². The number of rotatable bonds is 2. The zero-order chi connectivity index (χ0) is 9.10. The minimum Gasteiger partial charge on any atom is -0.255 e. The molecule has 66 valence electrons. The predicted octanol–water partition coefficient (Wildman–Crippen LogP) is 2.07. The van der Waals surface area contributed by atoms with Crippen molar-refractivity contribution in [2.45, 2.75) is 0 Å². The van der Waals surface area contributed by atoms with Crippen LogP contribution in [0.2, 0.25) is 0 Å². The first kappa shape index (κ1) is 8.31. The van der Waals surface area contributed by atoms with Crippen molar-refractivity contribution in [2.24, 2.45) is 0 Å². The van der Waals surface area contributed by atoms with Gasteiger partial charge in [0.15, 0.2) is 0 Å². The fourth-order valence-corrected chi connectivity index (χ4v) is 1.41. The number of nitrogens with zero attached hydrogens (tertiary/aromatic N) is 3. The Bertz CT molecular complexity index is 383. The van der Waals surface area contributed by atoms with E-state index in [1.165, 1.54) is 0 Å². The molecule has 0 atom stereocenters. The molecule has 3 nitrogen and oxygen atoms in total. The summed E-state index contributed by atoms with van der Waals surface area (Å²) < 4.78 is 1.81. The molecule has 0 spiro atoms. The third-order valence-corrected chi connectivity index (χ3v) is 2.26. The van der Waals surface area contributed by atoms with Crippen molar-refractivity contribution < 1.29 is 0 Å². The van der Waals surface area contributed by atoms with Crippen LogP contribution >= 0.6 is 11.9 Å². The molecule has 2 heterocycles. The van der Waals surface area contributed by atoms with E-state index in [0.717, 1.165) is 11.4 Å². The normalized spacial score (nSPS) is 10.2. The fourth-order valence-electron chi connectivity index (χ4n) is 1.06. The van der Waals surface area contributed by atoms with Gasteiger partial charge in [0.2, 0.25) is 0 Å². The summed E-state index contributed by atoms with van der Waals surface area (Å²) in [6, 6.07) is 7.77. The van der Waals surface area contributed by atoms with Crippen molar-refractivity contribution >= 4 is 11.9 Å². The molecule has 2 rings (SSSR count). The average Bonchev–Trinajstić information content (AvgIpc) is 2.67. The van der Waals surface area contributed by atoms with Gasteiger partial charge in [0.25, 0.3) is 0 Å². The first-order chi connectivity index (χ1) is 6.40. The van der Waals surface area contributed by atoms with Crippen LogP contribution in [0.15, 0.2) is 36.7 Å². The summed E-state index contributed by atoms with van der Waals surface area (Å²) in [5, 5.41) is 4.32. The summed E-state index contributed by atoms with van der Waals surface area (Å²) in [5.41, 5.74) is 1.82. The van der Waals surface area contributed by atoms with E-state index in [-0.39, 0.29) is 0 Å². The van der Waals surface area contributed by atoms with Gasteiger partial charge >= 0.3 is 0 Å². The van der Waals surface area contributed by atoms with E-state index in [4.69, 9.17) is 0 Å². The minimum atomic E-state index is 0.912. The standard InChI is InChI=1S/C9H9N3S/c1-13-12-7-5-9(11-12)8-4-2-3-6-10-8/h2-7H,1H3. The Labute approximate surface area is 80.9 Å². The minimum absolute atomic E-state index is 0.912. The number of pyridine rings is 1. The Morgan fingerprint density at radius 2 is 2.15 bits per heavy atom. The maximum Gasteiger partial charge on any atom is 0.112 e. The lowest BCUT2D eigenvalue weighted by Crippen LogP contribution is -1.87. The summed E-state index contributed by atoms with van der Waals surface area (Å²) in [4.78, 5) is 4.21. The highest BCUT2D eigenvalue weighted by atomic mass is 32.2. The highest BCUT2D eigenvalue weighted by Gasteiger charge is 2.01. The van der Waals surface area contributed by atoms with Gasteiger partial charge in [-0.15, -0.1) is 0 Å². The molecule has 4 heteroatoms. The van der Waals surface area contributed by atoms with Crippen molar-refractivity contribution in [2.75, 3.05) is 6.26 Å². The Kier molecular flexibility index (Phi) is 2.31. The van der Waals surface area contributed by atoms with Gasteiger partial charge in [0.1, 0.15) is 5.69 Å². The maximum atomic E-state index is 4.32. The van der Waals surface area contributed by atoms with Crippen LogP contribution in [0.1, 0.15) is 0 Å². The highest BCUT2D eigenvalue weighted by molar-refractivity contribution is 7.97. The molecule has 0 saturated heterocycles. The predicted molar refractivity (Wildman–Crippen MR) is 54.4 cm³/mol. The van der Waals surface area contributed by atoms with Crippen molar-refractivity contribution in [3.05, 3.63) is 36.7 Å². The van der Waals surface area contributed by atoms with E-state index in [1.807, 2.05) is 40.8 Å². The van der Waals surface area contributed by atoms with Gasteiger partial charge in [0, 0.05) is 18.6 Å². The molecule has 0 aliphatic rings. The van der Waals surface area contributed by atoms with E-state index in [2.05, 4.69) is 10.1 Å². The van der Waals surface area contributed by atoms with Gasteiger partial charge in [-0.3, -0.25) is 4.98 Å². The fraction of sp³-hybridized carbons (Fsp3) is 0.111. The molecule has 2 aromatic rings. The monoisotopic (exact) mass is 191 g/mol. The molecule has 13 heavy (non-hydrogen) atoms. The maximum absolute atomic E-state index is 4.32. The van der Waals surface area contributed by atoms with Gasteiger partial charge in [0.05, 0.1) is 5.69 Å². The van der Waals surface area contributed by atoms with E-state index >= 15 is 0 Å². The van der Waals surface area contributed by atoms with Crippen molar-refractivity contribution in [1.29, 1.82) is 0 Å². The first-order valence-corrected chi connectivity index (χ1v) is 5.10. The summed E-state index contributed by atoms with van der Waals surface area (Å²) in [6.45, 7) is 0. The quantitative estimate of drug-likeness (QED) is 0.728. The lowest BCUT2D eigenvalue weighted by molar-refractivity contribution is 1.01. The third-order valence-electron chi connectivity index (χ3n) is 1.68. The van der Waals surface area contributed by atoms with Crippen LogP contribution < -0.4 is 0 Å². The lowest BCUT2D eigenvalue weighted by Gasteiger charge is -1.93. The van der Waals surface area contributed by atoms with Gasteiger partial charge in [-0.05, 0) is 30.1 Å². The van der Waals surface area contributed by atoms with Crippen molar-refractivity contribution in [1.82, 2.24) is 14.2 Å². The molecule has 0 saturated carbocycles. The molecule has 0 bridgehead atoms. The van der Waals surface area contributed by atoms with Gasteiger partial charge in [-0.2, -0.15) is 5.10 Å². The van der Waals surface area contributed by atoms with Crippen molar-refractivity contribution in [3.63, 3.8) is 0 Å². The Hall–Kier alpha value is -1.29. The van der Waals surface area contributed by atoms with Crippen molar-refractivity contribution in [3.8, 4) is 11.4 Å². The Morgan fingerprint density at radius 1 is 1.23 bits per heavy atom. The second kappa shape index (κ2) is 3.62. The van der Waals surface area contributed by atoms with Crippen LogP contribution in [0.5, 0.6) is 0 Å². The zero-order valence-corrected chi connectivity index (χ0v) is 8.03. The first-order valence-electron chi connectivity index (χ1n) is 3.92. The molecule has 0 aromatic carbocycles. The highest BCUT2D eigenvalue weighted by Crippen LogP contribution is 2.14. The van der Waals surface area contributed by atoms with Gasteiger partial charge in [-0.1, -0.05) is 6.07 Å². The van der Waals surface area contributed by atoms with E-state index in [1.54, 1.807) is 18.1 Å². The Balaban J connectivity index is 2.36. The number of hydrogen-bond donors (Lipinski definition) is 0. The van der Waals surface area contributed by atoms with Gasteiger partial charge in [-0.25, -0.2) is 4.09 Å². The topological polar surface area (TPSA) is 30.7 Å².